The summed E-state index contributed by atoms with van der Waals surface area (Å²) in [6.07, 6.45) is 0.408. The van der Waals surface area contributed by atoms with E-state index in [0.717, 1.165) is 18.5 Å². The van der Waals surface area contributed by atoms with Gasteiger partial charge in [0.05, 0.1) is 12.7 Å². The van der Waals surface area contributed by atoms with Crippen LogP contribution in [0.2, 0.25) is 0 Å². The van der Waals surface area contributed by atoms with Gasteiger partial charge in [0.1, 0.15) is 5.82 Å². The molecule has 3 atom stereocenters. The predicted molar refractivity (Wildman–Crippen MR) is 72.4 cm³/mol. The fraction of sp³-hybridized carbons (Fsp3) is 0.600. The maximum atomic E-state index is 13.9. The summed E-state index contributed by atoms with van der Waals surface area (Å²) in [5.41, 5.74) is 0.733. The number of aliphatic hydroxyl groups is 1. The van der Waals surface area contributed by atoms with E-state index < -0.39 is 6.10 Å². The Morgan fingerprint density at radius 2 is 2.21 bits per heavy atom. The predicted octanol–water partition coefficient (Wildman–Crippen LogP) is 2.22. The first-order valence-corrected chi connectivity index (χ1v) is 6.77. The number of hydrogen-bond acceptors (Lipinski definition) is 3. The first-order chi connectivity index (χ1) is 9.11. The molecule has 1 heterocycles. The van der Waals surface area contributed by atoms with Gasteiger partial charge in [-0.1, -0.05) is 25.1 Å². The third-order valence-electron chi connectivity index (χ3n) is 3.68. The quantitative estimate of drug-likeness (QED) is 0.888. The molecule has 1 N–H and O–H groups in total. The molecule has 0 radical (unpaired) electrons. The van der Waals surface area contributed by atoms with Crippen molar-refractivity contribution in [3.05, 3.63) is 35.6 Å². The maximum Gasteiger partial charge on any atom is 0.127 e. The van der Waals surface area contributed by atoms with Gasteiger partial charge in [-0.15, -0.1) is 0 Å². The molecule has 1 fully saturated rings. The van der Waals surface area contributed by atoms with Crippen molar-refractivity contribution in [2.24, 2.45) is 5.92 Å². The summed E-state index contributed by atoms with van der Waals surface area (Å²) in [6, 6.07) is 6.98. The molecule has 0 amide bonds. The van der Waals surface area contributed by atoms with Gasteiger partial charge in [0.2, 0.25) is 0 Å². The minimum atomic E-state index is -0.524. The number of nitrogens with zero attached hydrogens (tertiary/aromatic N) is 1. The second-order valence-electron chi connectivity index (χ2n) is 5.44. The molecule has 1 aliphatic rings. The van der Waals surface area contributed by atoms with Gasteiger partial charge in [-0.3, -0.25) is 4.90 Å². The zero-order chi connectivity index (χ0) is 13.8. The number of methoxy groups -OCH3 is 1. The molecule has 0 spiro atoms. The molecule has 1 aromatic carbocycles. The lowest BCUT2D eigenvalue weighted by Crippen LogP contribution is -2.35. The van der Waals surface area contributed by atoms with Crippen molar-refractivity contribution in [3.8, 4) is 0 Å². The lowest BCUT2D eigenvalue weighted by Gasteiger charge is -2.27. The van der Waals surface area contributed by atoms with Gasteiger partial charge in [0, 0.05) is 31.8 Å². The Bertz CT molecular complexity index is 413. The van der Waals surface area contributed by atoms with Gasteiger partial charge >= 0.3 is 0 Å². The van der Waals surface area contributed by atoms with Crippen molar-refractivity contribution in [2.45, 2.75) is 25.5 Å². The van der Waals surface area contributed by atoms with Crippen molar-refractivity contribution < 1.29 is 14.2 Å². The molecule has 4 heteroatoms. The van der Waals surface area contributed by atoms with E-state index in [1.807, 2.05) is 12.1 Å². The fourth-order valence-electron chi connectivity index (χ4n) is 2.92. The second-order valence-corrected chi connectivity index (χ2v) is 5.44. The molecule has 1 aromatic rings. The van der Waals surface area contributed by atoms with E-state index in [2.05, 4.69) is 11.8 Å². The summed E-state index contributed by atoms with van der Waals surface area (Å²) < 4.78 is 18.9. The van der Waals surface area contributed by atoms with E-state index in [1.54, 1.807) is 13.2 Å². The molecule has 106 valence electrons. The Hall–Kier alpha value is -0.970. The molecule has 0 unspecified atom stereocenters. The minimum Gasteiger partial charge on any atom is -0.389 e. The van der Waals surface area contributed by atoms with Crippen LogP contribution in [0.4, 0.5) is 4.39 Å². The molecule has 0 bridgehead atoms. The number of ether oxygens (including phenoxy) is 1. The molecule has 1 aliphatic heterocycles. The van der Waals surface area contributed by atoms with Crippen LogP contribution < -0.4 is 0 Å². The topological polar surface area (TPSA) is 32.7 Å². The molecule has 3 nitrogen and oxygen atoms in total. The third kappa shape index (κ3) is 3.53. The van der Waals surface area contributed by atoms with Gasteiger partial charge in [0.25, 0.3) is 0 Å². The zero-order valence-corrected chi connectivity index (χ0v) is 11.6. The van der Waals surface area contributed by atoms with Gasteiger partial charge in [0.15, 0.2) is 0 Å². The van der Waals surface area contributed by atoms with Crippen LogP contribution in [0.5, 0.6) is 0 Å². The lowest BCUT2D eigenvalue weighted by molar-refractivity contribution is 0.0338. The monoisotopic (exact) mass is 267 g/mol. The second kappa shape index (κ2) is 6.46. The van der Waals surface area contributed by atoms with Gasteiger partial charge < -0.3 is 9.84 Å². The van der Waals surface area contributed by atoms with E-state index in [1.165, 1.54) is 6.07 Å². The van der Waals surface area contributed by atoms with E-state index in [4.69, 9.17) is 4.74 Å². The standard InChI is InChI=1S/C15H22FNO2/c1-11-7-15(13-5-3-4-6-14(13)16)17(8-11)9-12(18)10-19-2/h3-6,11-12,15,18H,7-10H2,1-2H3/t11-,12-,15-/m1/s1. The summed E-state index contributed by atoms with van der Waals surface area (Å²) in [7, 11) is 1.57. The van der Waals surface area contributed by atoms with E-state index in [-0.39, 0.29) is 11.9 Å². The average Bonchev–Trinajstić information content (AvgIpc) is 2.71. The Morgan fingerprint density at radius 1 is 1.47 bits per heavy atom. The number of likely N-dealkylation sites (tertiary alicyclic amines) is 1. The Morgan fingerprint density at radius 3 is 2.89 bits per heavy atom. The van der Waals surface area contributed by atoms with Crippen LogP contribution in [-0.4, -0.2) is 42.9 Å². The largest absolute Gasteiger partial charge is 0.389 e. The van der Waals surface area contributed by atoms with Gasteiger partial charge in [-0.05, 0) is 18.4 Å². The number of halogens is 1. The van der Waals surface area contributed by atoms with Crippen LogP contribution >= 0.6 is 0 Å². The highest BCUT2D eigenvalue weighted by Crippen LogP contribution is 2.36. The highest BCUT2D eigenvalue weighted by molar-refractivity contribution is 5.22. The maximum absolute atomic E-state index is 13.9. The Kier molecular flexibility index (Phi) is 4.91. The number of β-amino-alcohol motifs (C(OH)–C–C–N with tert-alkyl or cyclic N) is 1. The van der Waals surface area contributed by atoms with Crippen LogP contribution in [0, 0.1) is 11.7 Å². The van der Waals surface area contributed by atoms with E-state index >= 15 is 0 Å². The zero-order valence-electron chi connectivity index (χ0n) is 11.6. The highest BCUT2D eigenvalue weighted by Gasteiger charge is 2.33. The van der Waals surface area contributed by atoms with Crippen LogP contribution in [-0.2, 0) is 4.74 Å². The molecule has 1 saturated heterocycles. The third-order valence-corrected chi connectivity index (χ3v) is 3.68. The average molecular weight is 267 g/mol. The highest BCUT2D eigenvalue weighted by atomic mass is 19.1. The van der Waals surface area contributed by atoms with E-state index in [0.29, 0.717) is 19.1 Å². The van der Waals surface area contributed by atoms with Gasteiger partial charge in [-0.25, -0.2) is 4.39 Å². The first-order valence-electron chi connectivity index (χ1n) is 6.77. The van der Waals surface area contributed by atoms with Crippen molar-refractivity contribution in [3.63, 3.8) is 0 Å². The number of hydrogen-bond donors (Lipinski definition) is 1. The normalized spacial score (nSPS) is 25.7. The molecule has 2 rings (SSSR count). The minimum absolute atomic E-state index is 0.0581. The smallest absolute Gasteiger partial charge is 0.127 e. The SMILES string of the molecule is COC[C@H](O)CN1C[C@H](C)C[C@@H]1c1ccccc1F. The first kappa shape index (κ1) is 14.4. The number of benzene rings is 1. The lowest BCUT2D eigenvalue weighted by atomic mass is 10.0. The summed E-state index contributed by atoms with van der Waals surface area (Å²) in [6.45, 7) is 3.89. The van der Waals surface area contributed by atoms with Crippen LogP contribution in [0.15, 0.2) is 24.3 Å². The summed E-state index contributed by atoms with van der Waals surface area (Å²) in [4.78, 5) is 2.16. The molecule has 0 aromatic heterocycles. The molecule has 0 aliphatic carbocycles. The van der Waals surface area contributed by atoms with Crippen LogP contribution in [0.3, 0.4) is 0 Å². The summed E-state index contributed by atoms with van der Waals surface area (Å²) in [5, 5.41) is 9.87. The summed E-state index contributed by atoms with van der Waals surface area (Å²) >= 11 is 0. The molecular weight excluding hydrogens is 245 g/mol. The van der Waals surface area contributed by atoms with Crippen molar-refractivity contribution in [1.82, 2.24) is 4.90 Å². The van der Waals surface area contributed by atoms with Crippen LogP contribution in [0.1, 0.15) is 24.9 Å². The molecule has 19 heavy (non-hydrogen) atoms. The molecule has 0 saturated carbocycles. The Balaban J connectivity index is 2.11. The van der Waals surface area contributed by atoms with Gasteiger partial charge in [-0.2, -0.15) is 0 Å². The van der Waals surface area contributed by atoms with E-state index in [9.17, 15) is 9.50 Å². The number of rotatable bonds is 5. The molecular formula is C15H22FNO2. The van der Waals surface area contributed by atoms with Crippen LogP contribution in [0.25, 0.3) is 0 Å². The Labute approximate surface area is 114 Å². The summed E-state index contributed by atoms with van der Waals surface area (Å²) in [5.74, 6) is 0.354. The van der Waals surface area contributed by atoms with Crippen molar-refractivity contribution in [1.29, 1.82) is 0 Å². The fourth-order valence-corrected chi connectivity index (χ4v) is 2.92. The van der Waals surface area contributed by atoms with Crippen molar-refractivity contribution in [2.75, 3.05) is 26.8 Å². The number of aliphatic hydroxyl groups excluding tert-OH is 1. The van der Waals surface area contributed by atoms with Crippen molar-refractivity contribution >= 4 is 0 Å².